The minimum absolute atomic E-state index is 0.0157. The zero-order valence-electron chi connectivity index (χ0n) is 17.9. The SMILES string of the molecule is Cc1cccc(OCc2c(C(=O)N3CCN(C(=O)c4cccs4)CC3)noc2C)c1C. The maximum absolute atomic E-state index is 13.1. The molecule has 0 atom stereocenters. The fourth-order valence-electron chi connectivity index (χ4n) is 3.58. The monoisotopic (exact) mass is 439 g/mol. The van der Waals surface area contributed by atoms with E-state index in [9.17, 15) is 9.59 Å². The topological polar surface area (TPSA) is 75.9 Å². The number of nitrogens with zero attached hydrogens (tertiary/aromatic N) is 3. The Kier molecular flexibility index (Phi) is 6.08. The maximum atomic E-state index is 13.1. The molecule has 4 rings (SSSR count). The average molecular weight is 440 g/mol. The fourth-order valence-corrected chi connectivity index (χ4v) is 4.27. The summed E-state index contributed by atoms with van der Waals surface area (Å²) in [7, 11) is 0. The van der Waals surface area contributed by atoms with E-state index in [1.54, 1.807) is 16.7 Å². The molecule has 3 aromatic rings. The molecular formula is C23H25N3O4S. The van der Waals surface area contributed by atoms with Gasteiger partial charge in [0.2, 0.25) is 0 Å². The minimum atomic E-state index is -0.195. The number of piperazine rings is 1. The third-order valence-corrected chi connectivity index (χ3v) is 6.56. The molecule has 0 N–H and O–H groups in total. The van der Waals surface area contributed by atoms with Crippen LogP contribution in [0.5, 0.6) is 5.75 Å². The van der Waals surface area contributed by atoms with Gasteiger partial charge in [0, 0.05) is 26.2 Å². The van der Waals surface area contributed by atoms with E-state index < -0.39 is 0 Å². The predicted octanol–water partition coefficient (Wildman–Crippen LogP) is 3.84. The molecule has 1 aromatic carbocycles. The van der Waals surface area contributed by atoms with Crippen LogP contribution >= 0.6 is 11.3 Å². The lowest BCUT2D eigenvalue weighted by atomic mass is 10.1. The lowest BCUT2D eigenvalue weighted by molar-refractivity contribution is 0.0531. The van der Waals surface area contributed by atoms with E-state index >= 15 is 0 Å². The molecule has 0 saturated carbocycles. The van der Waals surface area contributed by atoms with Gasteiger partial charge in [-0.2, -0.15) is 0 Å². The Labute approximate surface area is 185 Å². The van der Waals surface area contributed by atoms with Crippen molar-refractivity contribution in [2.75, 3.05) is 26.2 Å². The highest BCUT2D eigenvalue weighted by Gasteiger charge is 2.29. The van der Waals surface area contributed by atoms with Crippen molar-refractivity contribution >= 4 is 23.2 Å². The van der Waals surface area contributed by atoms with Crippen LogP contribution in [0.15, 0.2) is 40.2 Å². The summed E-state index contributed by atoms with van der Waals surface area (Å²) in [5.41, 5.74) is 3.14. The van der Waals surface area contributed by atoms with Crippen molar-refractivity contribution in [1.29, 1.82) is 0 Å². The zero-order chi connectivity index (χ0) is 22.0. The number of aromatic nitrogens is 1. The largest absolute Gasteiger partial charge is 0.488 e. The summed E-state index contributed by atoms with van der Waals surface area (Å²) < 4.78 is 11.3. The number of hydrogen-bond donors (Lipinski definition) is 0. The van der Waals surface area contributed by atoms with Crippen molar-refractivity contribution in [2.45, 2.75) is 27.4 Å². The summed E-state index contributed by atoms with van der Waals surface area (Å²) in [4.78, 5) is 29.9. The number of aryl methyl sites for hydroxylation is 2. The lowest BCUT2D eigenvalue weighted by Crippen LogP contribution is -2.50. The van der Waals surface area contributed by atoms with E-state index in [2.05, 4.69) is 5.16 Å². The second-order valence-electron chi connectivity index (χ2n) is 7.61. The molecule has 2 amide bonds. The van der Waals surface area contributed by atoms with Gasteiger partial charge >= 0.3 is 0 Å². The highest BCUT2D eigenvalue weighted by Crippen LogP contribution is 2.24. The molecule has 1 aliphatic heterocycles. The second-order valence-corrected chi connectivity index (χ2v) is 8.56. The number of carbonyl (C=O) groups is 2. The summed E-state index contributed by atoms with van der Waals surface area (Å²) in [5, 5.41) is 5.90. The Hall–Kier alpha value is -3.13. The van der Waals surface area contributed by atoms with E-state index in [4.69, 9.17) is 9.26 Å². The highest BCUT2D eigenvalue weighted by atomic mass is 32.1. The standard InChI is InChI=1S/C23H25N3O4S/c1-15-6-4-7-19(16(15)2)29-14-18-17(3)30-24-21(18)23(28)26-11-9-25(10-12-26)22(27)20-8-5-13-31-20/h4-8,13H,9-12,14H2,1-3H3. The first-order valence-electron chi connectivity index (χ1n) is 10.2. The van der Waals surface area contributed by atoms with Crippen molar-refractivity contribution in [3.63, 3.8) is 0 Å². The third kappa shape index (κ3) is 4.34. The predicted molar refractivity (Wildman–Crippen MR) is 118 cm³/mol. The molecule has 1 aliphatic rings. The van der Waals surface area contributed by atoms with Gasteiger partial charge in [-0.15, -0.1) is 11.3 Å². The number of benzene rings is 1. The van der Waals surface area contributed by atoms with Gasteiger partial charge in [-0.1, -0.05) is 23.4 Å². The van der Waals surface area contributed by atoms with Gasteiger partial charge in [0.15, 0.2) is 5.69 Å². The van der Waals surface area contributed by atoms with Crippen LogP contribution in [0.3, 0.4) is 0 Å². The fraction of sp³-hybridized carbons (Fsp3) is 0.348. The van der Waals surface area contributed by atoms with Gasteiger partial charge in [0.05, 0.1) is 10.4 Å². The molecule has 0 aliphatic carbocycles. The first-order valence-corrected chi connectivity index (χ1v) is 11.1. The normalized spacial score (nSPS) is 14.0. The molecule has 0 radical (unpaired) electrons. The quantitative estimate of drug-likeness (QED) is 0.604. The van der Waals surface area contributed by atoms with Crippen molar-refractivity contribution in [3.8, 4) is 5.75 Å². The Bertz CT molecular complexity index is 1080. The van der Waals surface area contributed by atoms with Crippen molar-refractivity contribution in [1.82, 2.24) is 15.0 Å². The summed E-state index contributed by atoms with van der Waals surface area (Å²) in [6, 6.07) is 9.58. The highest BCUT2D eigenvalue weighted by molar-refractivity contribution is 7.12. The van der Waals surface area contributed by atoms with E-state index in [1.165, 1.54) is 11.3 Å². The number of hydrogen-bond acceptors (Lipinski definition) is 6. The van der Waals surface area contributed by atoms with E-state index in [0.29, 0.717) is 37.5 Å². The minimum Gasteiger partial charge on any atom is -0.488 e. The molecule has 8 heteroatoms. The smallest absolute Gasteiger partial charge is 0.276 e. The van der Waals surface area contributed by atoms with Crippen LogP contribution in [0.25, 0.3) is 0 Å². The first-order chi connectivity index (χ1) is 15.0. The molecular weight excluding hydrogens is 414 g/mol. The summed E-state index contributed by atoms with van der Waals surface area (Å²) in [5.74, 6) is 1.17. The third-order valence-electron chi connectivity index (χ3n) is 5.70. The van der Waals surface area contributed by atoms with Crippen molar-refractivity contribution < 1.29 is 18.8 Å². The van der Waals surface area contributed by atoms with E-state index in [-0.39, 0.29) is 24.1 Å². The molecule has 0 spiro atoms. The lowest BCUT2D eigenvalue weighted by Gasteiger charge is -2.34. The van der Waals surface area contributed by atoms with Gasteiger partial charge in [-0.25, -0.2) is 0 Å². The Morgan fingerprint density at radius 3 is 2.42 bits per heavy atom. The molecule has 1 saturated heterocycles. The van der Waals surface area contributed by atoms with Crippen LogP contribution in [-0.2, 0) is 6.61 Å². The first kappa shape index (κ1) is 21.1. The van der Waals surface area contributed by atoms with Crippen LogP contribution in [0.2, 0.25) is 0 Å². The van der Waals surface area contributed by atoms with Gasteiger partial charge in [0.1, 0.15) is 18.1 Å². The number of rotatable bonds is 5. The molecule has 162 valence electrons. The van der Waals surface area contributed by atoms with Gasteiger partial charge in [0.25, 0.3) is 11.8 Å². The summed E-state index contributed by atoms with van der Waals surface area (Å²) in [6.07, 6.45) is 0. The Balaban J connectivity index is 1.42. The van der Waals surface area contributed by atoms with Crippen LogP contribution in [0, 0.1) is 20.8 Å². The molecule has 0 unspecified atom stereocenters. The van der Waals surface area contributed by atoms with Crippen LogP contribution < -0.4 is 4.74 Å². The van der Waals surface area contributed by atoms with Crippen LogP contribution in [0.4, 0.5) is 0 Å². The Morgan fingerprint density at radius 1 is 1.03 bits per heavy atom. The van der Waals surface area contributed by atoms with Crippen molar-refractivity contribution in [3.05, 3.63) is 68.7 Å². The molecule has 0 bridgehead atoms. The second kappa shape index (κ2) is 8.93. The van der Waals surface area contributed by atoms with Crippen LogP contribution in [0.1, 0.15) is 42.6 Å². The molecule has 1 fully saturated rings. The molecule has 3 heterocycles. The maximum Gasteiger partial charge on any atom is 0.276 e. The summed E-state index contributed by atoms with van der Waals surface area (Å²) in [6.45, 7) is 7.93. The molecule has 7 nitrogen and oxygen atoms in total. The van der Waals surface area contributed by atoms with Gasteiger partial charge in [-0.3, -0.25) is 9.59 Å². The van der Waals surface area contributed by atoms with Crippen LogP contribution in [-0.4, -0.2) is 52.9 Å². The summed E-state index contributed by atoms with van der Waals surface area (Å²) >= 11 is 1.43. The molecule has 2 aromatic heterocycles. The number of ether oxygens (including phenoxy) is 1. The Morgan fingerprint density at radius 2 is 1.74 bits per heavy atom. The molecule has 31 heavy (non-hydrogen) atoms. The van der Waals surface area contributed by atoms with Crippen molar-refractivity contribution in [2.24, 2.45) is 0 Å². The van der Waals surface area contributed by atoms with E-state index in [1.807, 2.05) is 49.6 Å². The number of thiophene rings is 1. The van der Waals surface area contributed by atoms with Gasteiger partial charge in [-0.05, 0) is 49.4 Å². The number of amides is 2. The zero-order valence-corrected chi connectivity index (χ0v) is 18.7. The average Bonchev–Trinajstić information content (AvgIpc) is 3.44. The van der Waals surface area contributed by atoms with E-state index in [0.717, 1.165) is 21.8 Å². The number of carbonyl (C=O) groups excluding carboxylic acids is 2. The van der Waals surface area contributed by atoms with Gasteiger partial charge < -0.3 is 19.1 Å².